The van der Waals surface area contributed by atoms with Gasteiger partial charge in [-0.2, -0.15) is 4.31 Å². The summed E-state index contributed by atoms with van der Waals surface area (Å²) in [5.74, 6) is 2.10. The van der Waals surface area contributed by atoms with Crippen LogP contribution in [0.2, 0.25) is 10.0 Å². The molecule has 1 saturated heterocycles. The van der Waals surface area contributed by atoms with E-state index in [1.165, 1.54) is 22.5 Å². The lowest BCUT2D eigenvalue weighted by atomic mass is 10.1. The summed E-state index contributed by atoms with van der Waals surface area (Å²) in [7, 11) is -3.65. The highest BCUT2D eigenvalue weighted by atomic mass is 35.5. The third-order valence-electron chi connectivity index (χ3n) is 5.41. The monoisotopic (exact) mass is 492 g/mol. The minimum Gasteiger partial charge on any atom is -0.454 e. The molecule has 0 saturated carbocycles. The van der Waals surface area contributed by atoms with Crippen molar-refractivity contribution < 1.29 is 17.9 Å². The molecule has 32 heavy (non-hydrogen) atoms. The van der Waals surface area contributed by atoms with Crippen molar-refractivity contribution in [1.29, 1.82) is 0 Å². The van der Waals surface area contributed by atoms with Crippen LogP contribution in [0.3, 0.4) is 0 Å². The Labute approximate surface area is 195 Å². The molecule has 1 aromatic heterocycles. The summed E-state index contributed by atoms with van der Waals surface area (Å²) in [5, 5.41) is 9.21. The Morgan fingerprint density at radius 1 is 0.812 bits per heavy atom. The van der Waals surface area contributed by atoms with Crippen molar-refractivity contribution in [2.45, 2.75) is 4.90 Å². The Hall–Kier alpha value is -2.59. The minimum absolute atomic E-state index is 0.133. The van der Waals surface area contributed by atoms with Gasteiger partial charge in [-0.3, -0.25) is 0 Å². The second kappa shape index (κ2) is 8.40. The van der Waals surface area contributed by atoms with Crippen LogP contribution in [0, 0.1) is 0 Å². The van der Waals surface area contributed by atoms with E-state index in [1.54, 1.807) is 0 Å². The summed E-state index contributed by atoms with van der Waals surface area (Å²) < 4.78 is 38.1. The van der Waals surface area contributed by atoms with Crippen LogP contribution in [0.25, 0.3) is 11.3 Å². The zero-order valence-corrected chi connectivity index (χ0v) is 19.1. The van der Waals surface area contributed by atoms with E-state index in [0.717, 1.165) is 5.56 Å². The van der Waals surface area contributed by atoms with Crippen LogP contribution in [-0.4, -0.2) is 55.9 Å². The van der Waals surface area contributed by atoms with Crippen molar-refractivity contribution in [2.24, 2.45) is 0 Å². The standard InChI is InChI=1S/C21H18Cl2N4O4S/c22-16-3-2-15(12-17(16)23)32(28,29)27-9-7-26(8-10-27)21-6-4-18(24-25-21)14-1-5-19-20(11-14)31-13-30-19/h1-6,11-12H,7-10,13H2. The van der Waals surface area contributed by atoms with E-state index < -0.39 is 10.0 Å². The Morgan fingerprint density at radius 2 is 1.59 bits per heavy atom. The predicted molar refractivity (Wildman–Crippen MR) is 121 cm³/mol. The zero-order chi connectivity index (χ0) is 22.3. The molecule has 166 valence electrons. The quantitative estimate of drug-likeness (QED) is 0.548. The van der Waals surface area contributed by atoms with E-state index in [2.05, 4.69) is 10.2 Å². The van der Waals surface area contributed by atoms with Crippen molar-refractivity contribution in [3.8, 4) is 22.8 Å². The summed E-state index contributed by atoms with van der Waals surface area (Å²) in [6.07, 6.45) is 0. The second-order valence-electron chi connectivity index (χ2n) is 7.31. The highest BCUT2D eigenvalue weighted by molar-refractivity contribution is 7.89. The highest BCUT2D eigenvalue weighted by Gasteiger charge is 2.29. The highest BCUT2D eigenvalue weighted by Crippen LogP contribution is 2.35. The number of anilines is 1. The third kappa shape index (κ3) is 3.97. The molecule has 8 nitrogen and oxygen atoms in total. The Bertz CT molecular complexity index is 1260. The molecule has 1 fully saturated rings. The average molecular weight is 493 g/mol. The van der Waals surface area contributed by atoms with Crippen molar-refractivity contribution in [1.82, 2.24) is 14.5 Å². The summed E-state index contributed by atoms with van der Waals surface area (Å²) >= 11 is 11.9. The summed E-state index contributed by atoms with van der Waals surface area (Å²) in [6, 6.07) is 13.7. The lowest BCUT2D eigenvalue weighted by molar-refractivity contribution is 0.174. The van der Waals surface area contributed by atoms with Crippen molar-refractivity contribution in [3.63, 3.8) is 0 Å². The van der Waals surface area contributed by atoms with Crippen molar-refractivity contribution in [3.05, 3.63) is 58.6 Å². The Balaban J connectivity index is 1.26. The number of piperazine rings is 1. The van der Waals surface area contributed by atoms with Crippen LogP contribution in [0.4, 0.5) is 5.82 Å². The molecule has 2 aliphatic rings. The van der Waals surface area contributed by atoms with Crippen LogP contribution < -0.4 is 14.4 Å². The largest absolute Gasteiger partial charge is 0.454 e. The average Bonchev–Trinajstić information content (AvgIpc) is 3.29. The maximum absolute atomic E-state index is 12.9. The lowest BCUT2D eigenvalue weighted by Gasteiger charge is -2.34. The number of nitrogens with zero attached hydrogens (tertiary/aromatic N) is 4. The smallest absolute Gasteiger partial charge is 0.243 e. The molecule has 0 bridgehead atoms. The van der Waals surface area contributed by atoms with Crippen LogP contribution in [-0.2, 0) is 10.0 Å². The molecule has 3 aromatic rings. The summed E-state index contributed by atoms with van der Waals surface area (Å²) in [5.41, 5.74) is 1.60. The first-order valence-electron chi connectivity index (χ1n) is 9.86. The van der Waals surface area contributed by atoms with Gasteiger partial charge in [0.2, 0.25) is 16.8 Å². The number of ether oxygens (including phenoxy) is 2. The van der Waals surface area contributed by atoms with E-state index in [9.17, 15) is 8.42 Å². The van der Waals surface area contributed by atoms with E-state index in [1.807, 2.05) is 35.2 Å². The molecule has 11 heteroatoms. The molecule has 3 heterocycles. The minimum atomic E-state index is -3.65. The fourth-order valence-corrected chi connectivity index (χ4v) is 5.46. The van der Waals surface area contributed by atoms with Gasteiger partial charge in [-0.1, -0.05) is 23.2 Å². The normalized spacial score (nSPS) is 16.4. The molecule has 0 aliphatic carbocycles. The first-order chi connectivity index (χ1) is 15.4. The number of halogens is 2. The SMILES string of the molecule is O=S(=O)(c1ccc(Cl)c(Cl)c1)N1CCN(c2ccc(-c3ccc4c(c3)OCO4)nn2)CC1. The molecule has 0 radical (unpaired) electrons. The van der Waals surface area contributed by atoms with E-state index in [4.69, 9.17) is 32.7 Å². The van der Waals surface area contributed by atoms with Crippen molar-refractivity contribution >= 4 is 39.0 Å². The number of fused-ring (bicyclic) bond motifs is 1. The maximum atomic E-state index is 12.9. The van der Waals surface area contributed by atoms with Crippen LogP contribution in [0.15, 0.2) is 53.4 Å². The van der Waals surface area contributed by atoms with Gasteiger partial charge >= 0.3 is 0 Å². The Morgan fingerprint density at radius 3 is 2.31 bits per heavy atom. The first-order valence-corrected chi connectivity index (χ1v) is 12.1. The maximum Gasteiger partial charge on any atom is 0.243 e. The number of rotatable bonds is 4. The topological polar surface area (TPSA) is 84.9 Å². The molecule has 0 atom stereocenters. The Kier molecular flexibility index (Phi) is 5.58. The van der Waals surface area contributed by atoms with Gasteiger partial charge < -0.3 is 14.4 Å². The van der Waals surface area contributed by atoms with Gasteiger partial charge in [0.05, 0.1) is 20.6 Å². The first kappa shape index (κ1) is 21.3. The van der Waals surface area contributed by atoms with Crippen LogP contribution in [0.1, 0.15) is 0 Å². The fourth-order valence-electron chi connectivity index (χ4n) is 3.65. The summed E-state index contributed by atoms with van der Waals surface area (Å²) in [4.78, 5) is 2.14. The molecular formula is C21H18Cl2N4O4S. The number of hydrogen-bond donors (Lipinski definition) is 0. The van der Waals surface area contributed by atoms with Crippen LogP contribution >= 0.6 is 23.2 Å². The van der Waals surface area contributed by atoms with Gasteiger partial charge in [0, 0.05) is 31.7 Å². The lowest BCUT2D eigenvalue weighted by Crippen LogP contribution is -2.49. The second-order valence-corrected chi connectivity index (χ2v) is 10.1. The third-order valence-corrected chi connectivity index (χ3v) is 8.04. The van der Waals surface area contributed by atoms with Gasteiger partial charge in [-0.15, -0.1) is 10.2 Å². The number of aromatic nitrogens is 2. The predicted octanol–water partition coefficient (Wildman–Crippen LogP) is 3.69. The van der Waals surface area contributed by atoms with Gasteiger partial charge in [-0.05, 0) is 48.5 Å². The van der Waals surface area contributed by atoms with Gasteiger partial charge in [0.15, 0.2) is 17.3 Å². The number of sulfonamides is 1. The van der Waals surface area contributed by atoms with Crippen LogP contribution in [0.5, 0.6) is 11.5 Å². The van der Waals surface area contributed by atoms with E-state index in [-0.39, 0.29) is 16.7 Å². The number of hydrogen-bond acceptors (Lipinski definition) is 7. The van der Waals surface area contributed by atoms with Gasteiger partial charge in [0.25, 0.3) is 0 Å². The van der Waals surface area contributed by atoms with E-state index in [0.29, 0.717) is 54.2 Å². The molecule has 2 aliphatic heterocycles. The molecule has 0 amide bonds. The molecule has 0 spiro atoms. The molecule has 0 unspecified atom stereocenters. The van der Waals surface area contributed by atoms with Crippen molar-refractivity contribution in [2.75, 3.05) is 37.9 Å². The van der Waals surface area contributed by atoms with Gasteiger partial charge in [-0.25, -0.2) is 8.42 Å². The summed E-state index contributed by atoms with van der Waals surface area (Å²) in [6.45, 7) is 1.87. The molecule has 0 N–H and O–H groups in total. The molecule has 5 rings (SSSR count). The zero-order valence-electron chi connectivity index (χ0n) is 16.7. The van der Waals surface area contributed by atoms with E-state index >= 15 is 0 Å². The molecule has 2 aromatic carbocycles. The molecular weight excluding hydrogens is 475 g/mol. The fraction of sp³-hybridized carbons (Fsp3) is 0.238. The number of benzene rings is 2. The van der Waals surface area contributed by atoms with Gasteiger partial charge in [0.1, 0.15) is 0 Å².